The molecule has 4 rings (SSSR count). The van der Waals surface area contributed by atoms with E-state index in [-0.39, 0.29) is 5.60 Å². The average Bonchev–Trinajstić information content (AvgIpc) is 3.03. The second-order valence-electron chi connectivity index (χ2n) is 6.21. The molecule has 0 amide bonds. The molecule has 2 heterocycles. The molecule has 1 saturated heterocycles. The zero-order chi connectivity index (χ0) is 15.5. The smallest absolute Gasteiger partial charge is 0.141 e. The molecule has 1 N–H and O–H groups in total. The number of benzene rings is 2. The fourth-order valence-corrected chi connectivity index (χ4v) is 3.17. The van der Waals surface area contributed by atoms with Gasteiger partial charge in [-0.15, -0.1) is 0 Å². The minimum atomic E-state index is -0.171. The highest BCUT2D eigenvalue weighted by Crippen LogP contribution is 2.36. The van der Waals surface area contributed by atoms with Crippen LogP contribution in [0.5, 0.6) is 11.5 Å². The number of hydrogen-bond donors (Lipinski definition) is 1. The average molecular weight is 307 g/mol. The number of fused-ring (bicyclic) bond motifs is 1. The standard InChI is InChI=1S/C20H21NO2/c1-2-4-16(5-3-1)9-13-22-18-7-6-17-8-10-20(11-12-21-15-20)23-19(17)14-18/h1-8,10,14,21H,9,11-13,15H2. The number of nitrogens with one attached hydrogen (secondary N) is 1. The Kier molecular flexibility index (Phi) is 3.80. The van der Waals surface area contributed by atoms with E-state index in [4.69, 9.17) is 9.47 Å². The van der Waals surface area contributed by atoms with Gasteiger partial charge in [-0.25, -0.2) is 0 Å². The first-order valence-electron chi connectivity index (χ1n) is 8.23. The molecular formula is C20H21NO2. The summed E-state index contributed by atoms with van der Waals surface area (Å²) in [5, 5.41) is 3.37. The molecule has 2 aromatic rings. The minimum Gasteiger partial charge on any atom is -0.493 e. The highest BCUT2D eigenvalue weighted by molar-refractivity contribution is 5.63. The van der Waals surface area contributed by atoms with Gasteiger partial charge in [0, 0.05) is 31.0 Å². The van der Waals surface area contributed by atoms with Gasteiger partial charge >= 0.3 is 0 Å². The van der Waals surface area contributed by atoms with Crippen LogP contribution in [-0.4, -0.2) is 25.3 Å². The molecule has 3 heteroatoms. The SMILES string of the molecule is C1=CC2(CCNC2)Oc2cc(OCCc3ccccc3)ccc21. The number of rotatable bonds is 4. The molecule has 2 aromatic carbocycles. The van der Waals surface area contributed by atoms with Crippen molar-refractivity contribution in [3.8, 4) is 11.5 Å². The van der Waals surface area contributed by atoms with Gasteiger partial charge in [0.05, 0.1) is 6.61 Å². The molecule has 3 nitrogen and oxygen atoms in total. The van der Waals surface area contributed by atoms with Crippen molar-refractivity contribution in [2.24, 2.45) is 0 Å². The zero-order valence-electron chi connectivity index (χ0n) is 13.1. The van der Waals surface area contributed by atoms with Gasteiger partial charge in [0.15, 0.2) is 0 Å². The van der Waals surface area contributed by atoms with E-state index in [1.807, 2.05) is 18.2 Å². The van der Waals surface area contributed by atoms with Gasteiger partial charge in [0.2, 0.25) is 0 Å². The maximum absolute atomic E-state index is 6.26. The monoisotopic (exact) mass is 307 g/mol. The summed E-state index contributed by atoms with van der Waals surface area (Å²) in [5.41, 5.74) is 2.24. The molecule has 0 aliphatic carbocycles. The molecule has 118 valence electrons. The second-order valence-corrected chi connectivity index (χ2v) is 6.21. The van der Waals surface area contributed by atoms with Crippen LogP contribution in [0, 0.1) is 0 Å². The van der Waals surface area contributed by atoms with Gasteiger partial charge in [-0.3, -0.25) is 0 Å². The third-order valence-corrected chi connectivity index (χ3v) is 4.52. The van der Waals surface area contributed by atoms with E-state index < -0.39 is 0 Å². The van der Waals surface area contributed by atoms with Crippen molar-refractivity contribution in [3.05, 3.63) is 65.7 Å². The van der Waals surface area contributed by atoms with Crippen LogP contribution >= 0.6 is 0 Å². The molecule has 0 bridgehead atoms. The molecule has 0 radical (unpaired) electrons. The van der Waals surface area contributed by atoms with Crippen LogP contribution < -0.4 is 14.8 Å². The molecule has 1 atom stereocenters. The Bertz CT molecular complexity index is 703. The molecular weight excluding hydrogens is 286 g/mol. The Morgan fingerprint density at radius 3 is 2.87 bits per heavy atom. The minimum absolute atomic E-state index is 0.171. The van der Waals surface area contributed by atoms with E-state index in [2.05, 4.69) is 47.8 Å². The third-order valence-electron chi connectivity index (χ3n) is 4.52. The summed E-state index contributed by atoms with van der Waals surface area (Å²) in [4.78, 5) is 0. The fourth-order valence-electron chi connectivity index (χ4n) is 3.17. The lowest BCUT2D eigenvalue weighted by molar-refractivity contribution is 0.138. The fraction of sp³-hybridized carbons (Fsp3) is 0.300. The zero-order valence-corrected chi connectivity index (χ0v) is 13.1. The lowest BCUT2D eigenvalue weighted by atomic mass is 9.97. The van der Waals surface area contributed by atoms with Crippen molar-refractivity contribution in [2.75, 3.05) is 19.7 Å². The summed E-state index contributed by atoms with van der Waals surface area (Å²) in [6, 6.07) is 16.5. The van der Waals surface area contributed by atoms with Crippen LogP contribution in [0.25, 0.3) is 6.08 Å². The normalized spacial score (nSPS) is 21.9. The Morgan fingerprint density at radius 1 is 1.13 bits per heavy atom. The Hall–Kier alpha value is -2.26. The van der Waals surface area contributed by atoms with Crippen LogP contribution in [0.1, 0.15) is 17.5 Å². The quantitative estimate of drug-likeness (QED) is 0.938. The Morgan fingerprint density at radius 2 is 2.04 bits per heavy atom. The van der Waals surface area contributed by atoms with Crippen LogP contribution in [0.2, 0.25) is 0 Å². The maximum atomic E-state index is 6.26. The molecule has 0 aromatic heterocycles. The van der Waals surface area contributed by atoms with E-state index in [1.54, 1.807) is 0 Å². The predicted molar refractivity (Wildman–Crippen MR) is 92.0 cm³/mol. The first-order valence-corrected chi connectivity index (χ1v) is 8.23. The summed E-state index contributed by atoms with van der Waals surface area (Å²) < 4.78 is 12.2. The second kappa shape index (κ2) is 6.09. The molecule has 2 aliphatic rings. The van der Waals surface area contributed by atoms with Crippen molar-refractivity contribution in [1.82, 2.24) is 5.32 Å². The van der Waals surface area contributed by atoms with E-state index in [0.717, 1.165) is 43.0 Å². The molecule has 2 aliphatic heterocycles. The summed E-state index contributed by atoms with van der Waals surface area (Å²) >= 11 is 0. The first-order chi connectivity index (χ1) is 11.3. The van der Waals surface area contributed by atoms with E-state index >= 15 is 0 Å². The van der Waals surface area contributed by atoms with E-state index in [0.29, 0.717) is 6.61 Å². The first kappa shape index (κ1) is 14.3. The number of hydrogen-bond acceptors (Lipinski definition) is 3. The lowest BCUT2D eigenvalue weighted by Gasteiger charge is -2.30. The highest BCUT2D eigenvalue weighted by atomic mass is 16.5. The Balaban J connectivity index is 1.42. The van der Waals surface area contributed by atoms with Crippen LogP contribution in [-0.2, 0) is 6.42 Å². The van der Waals surface area contributed by atoms with Crippen molar-refractivity contribution in [3.63, 3.8) is 0 Å². The van der Waals surface area contributed by atoms with Gasteiger partial charge < -0.3 is 14.8 Å². The highest BCUT2D eigenvalue weighted by Gasteiger charge is 2.35. The van der Waals surface area contributed by atoms with E-state index in [1.165, 1.54) is 5.56 Å². The molecule has 1 unspecified atom stereocenters. The summed E-state index contributed by atoms with van der Waals surface area (Å²) in [6.45, 7) is 2.56. The van der Waals surface area contributed by atoms with Gasteiger partial charge in [-0.2, -0.15) is 0 Å². The van der Waals surface area contributed by atoms with Crippen LogP contribution in [0.4, 0.5) is 0 Å². The molecule has 1 spiro atoms. The summed E-state index contributed by atoms with van der Waals surface area (Å²) in [6.07, 6.45) is 6.28. The Labute approximate surface area is 136 Å². The van der Waals surface area contributed by atoms with Gasteiger partial charge in [-0.1, -0.05) is 36.4 Å². The topological polar surface area (TPSA) is 30.5 Å². The van der Waals surface area contributed by atoms with Crippen LogP contribution in [0.3, 0.4) is 0 Å². The molecule has 23 heavy (non-hydrogen) atoms. The summed E-state index contributed by atoms with van der Waals surface area (Å²) in [7, 11) is 0. The maximum Gasteiger partial charge on any atom is 0.141 e. The molecule has 1 fully saturated rings. The van der Waals surface area contributed by atoms with Crippen LogP contribution in [0.15, 0.2) is 54.6 Å². The van der Waals surface area contributed by atoms with Gasteiger partial charge in [0.25, 0.3) is 0 Å². The third kappa shape index (κ3) is 3.10. The van der Waals surface area contributed by atoms with Crippen molar-refractivity contribution < 1.29 is 9.47 Å². The molecule has 0 saturated carbocycles. The van der Waals surface area contributed by atoms with E-state index in [9.17, 15) is 0 Å². The van der Waals surface area contributed by atoms with Gasteiger partial charge in [-0.05, 0) is 30.3 Å². The largest absolute Gasteiger partial charge is 0.493 e. The summed E-state index contributed by atoms with van der Waals surface area (Å²) in [5.74, 6) is 1.80. The van der Waals surface area contributed by atoms with Crippen molar-refractivity contribution in [2.45, 2.75) is 18.4 Å². The van der Waals surface area contributed by atoms with Crippen molar-refractivity contribution >= 4 is 6.08 Å². The lowest BCUT2D eigenvalue weighted by Crippen LogP contribution is -2.37. The van der Waals surface area contributed by atoms with Gasteiger partial charge in [0.1, 0.15) is 17.1 Å². The number of ether oxygens (including phenoxy) is 2. The van der Waals surface area contributed by atoms with Crippen molar-refractivity contribution in [1.29, 1.82) is 0 Å². The predicted octanol–water partition coefficient (Wildman–Crippen LogP) is 3.45.